The number of thioether (sulfide) groups is 1. The number of nitrogen functional groups attached to an aromatic ring is 1. The van der Waals surface area contributed by atoms with Gasteiger partial charge >= 0.3 is 0 Å². The van der Waals surface area contributed by atoms with Crippen LogP contribution < -0.4 is 16.7 Å². The van der Waals surface area contributed by atoms with Crippen LogP contribution >= 0.6 is 23.1 Å². The molecule has 3 rings (SSSR count). The molecule has 0 radical (unpaired) electrons. The van der Waals surface area contributed by atoms with E-state index in [1.165, 1.54) is 23.1 Å². The quantitative estimate of drug-likeness (QED) is 0.478. The highest BCUT2D eigenvalue weighted by atomic mass is 32.2. The van der Waals surface area contributed by atoms with E-state index in [9.17, 15) is 9.59 Å². The largest absolute Gasteiger partial charge is 0.334 e. The fourth-order valence-corrected chi connectivity index (χ4v) is 3.83. The van der Waals surface area contributed by atoms with Crippen molar-refractivity contribution in [2.45, 2.75) is 31.2 Å². The highest BCUT2D eigenvalue weighted by Gasteiger charge is 2.11. The van der Waals surface area contributed by atoms with Crippen molar-refractivity contribution in [1.29, 1.82) is 0 Å². The molecule has 0 fully saturated rings. The van der Waals surface area contributed by atoms with Crippen LogP contribution in [0.3, 0.4) is 0 Å². The van der Waals surface area contributed by atoms with Gasteiger partial charge in [-0.05, 0) is 26.0 Å². The fraction of sp³-hybridized carbons (Fsp3) is 0.235. The number of amides is 1. The monoisotopic (exact) mass is 402 g/mol. The number of nitrogens with zero attached hydrogens (tertiary/aromatic N) is 4. The number of aryl methyl sites for hydroxylation is 2. The Labute approximate surface area is 163 Å². The van der Waals surface area contributed by atoms with Crippen molar-refractivity contribution < 1.29 is 4.79 Å². The molecule has 0 atom stereocenters. The van der Waals surface area contributed by atoms with Crippen LogP contribution in [0.25, 0.3) is 0 Å². The predicted octanol–water partition coefficient (Wildman–Crippen LogP) is 1.90. The lowest BCUT2D eigenvalue weighted by molar-refractivity contribution is -0.115. The zero-order valence-corrected chi connectivity index (χ0v) is 16.4. The number of thiazole rings is 1. The van der Waals surface area contributed by atoms with Gasteiger partial charge in [0.25, 0.3) is 5.56 Å². The molecule has 1 aromatic carbocycles. The number of carbonyl (C=O) groups is 1. The number of nitrogens with two attached hydrogens (primary N) is 1. The summed E-state index contributed by atoms with van der Waals surface area (Å²) in [7, 11) is 0. The molecule has 0 saturated heterocycles. The fourth-order valence-electron chi connectivity index (χ4n) is 2.18. The molecule has 0 aliphatic carbocycles. The van der Waals surface area contributed by atoms with Gasteiger partial charge in [-0.1, -0.05) is 29.5 Å². The van der Waals surface area contributed by atoms with Crippen molar-refractivity contribution in [1.82, 2.24) is 19.9 Å². The molecule has 2 aromatic heterocycles. The minimum Gasteiger partial charge on any atom is -0.334 e. The van der Waals surface area contributed by atoms with E-state index in [0.29, 0.717) is 10.9 Å². The number of hydrogen-bond donors (Lipinski definition) is 2. The molecule has 10 heteroatoms. The summed E-state index contributed by atoms with van der Waals surface area (Å²) in [6.45, 7) is 3.55. The van der Waals surface area contributed by atoms with Gasteiger partial charge in [0.15, 0.2) is 0 Å². The molecule has 0 spiro atoms. The predicted molar refractivity (Wildman–Crippen MR) is 106 cm³/mol. The van der Waals surface area contributed by atoms with Crippen molar-refractivity contribution in [2.75, 3.05) is 11.2 Å². The highest BCUT2D eigenvalue weighted by molar-refractivity contribution is 7.98. The summed E-state index contributed by atoms with van der Waals surface area (Å²) in [5.41, 5.74) is 2.56. The second-order valence-electron chi connectivity index (χ2n) is 5.86. The molecule has 1 amide bonds. The average molecular weight is 403 g/mol. The molecule has 0 unspecified atom stereocenters. The Morgan fingerprint density at radius 2 is 2.00 bits per heavy atom. The first-order chi connectivity index (χ1) is 12.9. The van der Waals surface area contributed by atoms with Crippen LogP contribution in [0.1, 0.15) is 22.0 Å². The number of nitrogens with one attached hydrogen (secondary N) is 1. The van der Waals surface area contributed by atoms with E-state index < -0.39 is 0 Å². The average Bonchev–Trinajstić information content (AvgIpc) is 3.08. The maximum Gasteiger partial charge on any atom is 0.294 e. The lowest BCUT2D eigenvalue weighted by atomic mass is 10.2. The molecule has 8 nitrogen and oxygen atoms in total. The van der Waals surface area contributed by atoms with Crippen LogP contribution in [-0.2, 0) is 17.0 Å². The van der Waals surface area contributed by atoms with Crippen LogP contribution in [0.2, 0.25) is 0 Å². The van der Waals surface area contributed by atoms with E-state index in [-0.39, 0.29) is 23.6 Å². The van der Waals surface area contributed by atoms with Crippen LogP contribution in [-0.4, -0.2) is 25.8 Å². The smallest absolute Gasteiger partial charge is 0.294 e. The molecule has 2 heterocycles. The maximum atomic E-state index is 12.1. The molecular weight excluding hydrogens is 384 g/mol. The standard InChI is InChI=1S/C17H18N6O2S2/c1-10-3-5-12(6-4-10)19-14(24)7-15-20-13(8-26-15)9-27-17-22-21-11(2)16(25)23(17)18/h3-6,8H,7,9,18H2,1-2H3,(H,19,24). The van der Waals surface area contributed by atoms with E-state index in [4.69, 9.17) is 5.84 Å². The zero-order valence-electron chi connectivity index (χ0n) is 14.8. The summed E-state index contributed by atoms with van der Waals surface area (Å²) >= 11 is 2.68. The first-order valence-electron chi connectivity index (χ1n) is 8.06. The molecule has 0 bridgehead atoms. The minimum atomic E-state index is -0.376. The van der Waals surface area contributed by atoms with Crippen molar-refractivity contribution >= 4 is 34.7 Å². The van der Waals surface area contributed by atoms with Crippen LogP contribution in [0.5, 0.6) is 0 Å². The number of anilines is 1. The van der Waals surface area contributed by atoms with Gasteiger partial charge in [0.1, 0.15) is 10.7 Å². The third-order valence-electron chi connectivity index (χ3n) is 3.62. The number of hydrogen-bond acceptors (Lipinski definition) is 8. The van der Waals surface area contributed by atoms with Crippen molar-refractivity contribution in [3.05, 3.63) is 62.0 Å². The minimum absolute atomic E-state index is 0.118. The number of rotatable bonds is 6. The van der Waals surface area contributed by atoms with E-state index in [0.717, 1.165) is 26.6 Å². The zero-order chi connectivity index (χ0) is 19.4. The second kappa shape index (κ2) is 8.31. The Balaban J connectivity index is 1.57. The van der Waals surface area contributed by atoms with Crippen LogP contribution in [0, 0.1) is 13.8 Å². The van der Waals surface area contributed by atoms with Crippen molar-refractivity contribution in [3.63, 3.8) is 0 Å². The summed E-state index contributed by atoms with van der Waals surface area (Å²) in [5, 5.41) is 13.5. The van der Waals surface area contributed by atoms with Crippen molar-refractivity contribution in [3.8, 4) is 0 Å². The van der Waals surface area contributed by atoms with Crippen molar-refractivity contribution in [2.24, 2.45) is 0 Å². The molecular formula is C17H18N6O2S2. The normalized spacial score (nSPS) is 10.7. The summed E-state index contributed by atoms with van der Waals surface area (Å²) in [6, 6.07) is 7.62. The Kier molecular flexibility index (Phi) is 5.87. The van der Waals surface area contributed by atoms with Gasteiger partial charge < -0.3 is 11.2 Å². The first kappa shape index (κ1) is 19.1. The summed E-state index contributed by atoms with van der Waals surface area (Å²) in [5.74, 6) is 6.07. The molecule has 27 heavy (non-hydrogen) atoms. The topological polar surface area (TPSA) is 116 Å². The summed E-state index contributed by atoms with van der Waals surface area (Å²) < 4.78 is 0.981. The molecule has 0 saturated carbocycles. The van der Waals surface area contributed by atoms with Gasteiger partial charge in [0.05, 0.1) is 12.1 Å². The highest BCUT2D eigenvalue weighted by Crippen LogP contribution is 2.21. The Morgan fingerprint density at radius 1 is 1.26 bits per heavy atom. The van der Waals surface area contributed by atoms with Crippen LogP contribution in [0.4, 0.5) is 5.69 Å². The molecule has 0 aliphatic rings. The summed E-state index contributed by atoms with van der Waals surface area (Å²) in [4.78, 5) is 28.4. The third-order valence-corrected chi connectivity index (χ3v) is 5.49. The Bertz CT molecular complexity index is 1010. The number of benzene rings is 1. The van der Waals surface area contributed by atoms with Gasteiger partial charge in [0, 0.05) is 16.8 Å². The molecule has 140 valence electrons. The van der Waals surface area contributed by atoms with E-state index in [1.54, 1.807) is 6.92 Å². The molecule has 3 aromatic rings. The lowest BCUT2D eigenvalue weighted by Gasteiger charge is -2.05. The lowest BCUT2D eigenvalue weighted by Crippen LogP contribution is -2.32. The maximum absolute atomic E-state index is 12.1. The Morgan fingerprint density at radius 3 is 2.74 bits per heavy atom. The number of carbonyl (C=O) groups excluding carboxylic acids is 1. The van der Waals surface area contributed by atoms with E-state index >= 15 is 0 Å². The third kappa shape index (κ3) is 4.92. The first-order valence-corrected chi connectivity index (χ1v) is 9.93. The van der Waals surface area contributed by atoms with E-state index in [1.807, 2.05) is 36.6 Å². The van der Waals surface area contributed by atoms with Crippen LogP contribution in [0.15, 0.2) is 39.6 Å². The van der Waals surface area contributed by atoms with Gasteiger partial charge in [-0.15, -0.1) is 21.5 Å². The Hall–Kier alpha value is -2.72. The second-order valence-corrected chi connectivity index (χ2v) is 7.74. The summed E-state index contributed by atoms with van der Waals surface area (Å²) in [6.07, 6.45) is 0.204. The van der Waals surface area contributed by atoms with Gasteiger partial charge in [-0.25, -0.2) is 4.98 Å². The molecule has 3 N–H and O–H groups in total. The van der Waals surface area contributed by atoms with Gasteiger partial charge in [0.2, 0.25) is 11.1 Å². The van der Waals surface area contributed by atoms with E-state index in [2.05, 4.69) is 20.5 Å². The molecule has 0 aliphatic heterocycles. The van der Waals surface area contributed by atoms with Gasteiger partial charge in [-0.3, -0.25) is 9.59 Å². The SMILES string of the molecule is Cc1ccc(NC(=O)Cc2nc(CSc3nnc(C)c(=O)n3N)cs2)cc1. The van der Waals surface area contributed by atoms with Gasteiger partial charge in [-0.2, -0.15) is 4.68 Å². The number of aromatic nitrogens is 4.